The van der Waals surface area contributed by atoms with E-state index in [0.717, 1.165) is 60.5 Å². The van der Waals surface area contributed by atoms with Crippen LogP contribution in [0.4, 0.5) is 0 Å². The molecule has 1 aliphatic heterocycles. The fraction of sp³-hybridized carbons (Fsp3) is 0.200. The first-order chi connectivity index (χ1) is 16.8. The molecule has 4 nitrogen and oxygen atoms in total. The highest BCUT2D eigenvalue weighted by atomic mass is 16.7. The van der Waals surface area contributed by atoms with Gasteiger partial charge >= 0.3 is 7.12 Å². The summed E-state index contributed by atoms with van der Waals surface area (Å²) < 4.78 is 25.4. The summed E-state index contributed by atoms with van der Waals surface area (Å²) in [5, 5.41) is 4.30. The zero-order chi connectivity index (χ0) is 23.9. The summed E-state index contributed by atoms with van der Waals surface area (Å²) in [7, 11) is -0.474. The van der Waals surface area contributed by atoms with E-state index < -0.39 is 18.3 Å². The van der Waals surface area contributed by atoms with Crippen molar-refractivity contribution in [2.45, 2.75) is 38.9 Å². The number of benzene rings is 4. The van der Waals surface area contributed by atoms with Crippen molar-refractivity contribution in [2.24, 2.45) is 0 Å². The highest BCUT2D eigenvalue weighted by Crippen LogP contribution is 2.41. The van der Waals surface area contributed by atoms with Crippen LogP contribution in [-0.4, -0.2) is 18.3 Å². The van der Waals surface area contributed by atoms with Crippen molar-refractivity contribution >= 4 is 56.5 Å². The number of hydrogen-bond donors (Lipinski definition) is 0. The van der Waals surface area contributed by atoms with Crippen LogP contribution in [0.5, 0.6) is 0 Å². The second-order valence-electron chi connectivity index (χ2n) is 10.4. The quantitative estimate of drug-likeness (QED) is 0.252. The van der Waals surface area contributed by atoms with Gasteiger partial charge in [0.05, 0.1) is 11.2 Å². The molecule has 7 rings (SSSR count). The smallest absolute Gasteiger partial charge is 0.456 e. The lowest BCUT2D eigenvalue weighted by atomic mass is 9.75. The number of fused-ring (bicyclic) bond motifs is 6. The van der Waals surface area contributed by atoms with Crippen LogP contribution in [0, 0.1) is 0 Å². The standard InChI is InChI=1S/C30H25BO4/c1-29(2)30(3,4)35-31(34-29)23-15-14-19(28-27(23)21-10-6-8-12-25(21)33-28)18-13-16-26-22(17-18)20-9-5-7-11-24(20)32-26/h5-17H,1-4H3. The molecule has 2 aromatic heterocycles. The van der Waals surface area contributed by atoms with Crippen molar-refractivity contribution in [3.8, 4) is 11.1 Å². The number of rotatable bonds is 2. The monoisotopic (exact) mass is 460 g/mol. The van der Waals surface area contributed by atoms with Gasteiger partial charge in [-0.25, -0.2) is 0 Å². The summed E-state index contributed by atoms with van der Waals surface area (Å²) in [6.45, 7) is 8.32. The van der Waals surface area contributed by atoms with Gasteiger partial charge in [-0.15, -0.1) is 0 Å². The van der Waals surface area contributed by atoms with Crippen LogP contribution >= 0.6 is 0 Å². The largest absolute Gasteiger partial charge is 0.495 e. The predicted molar refractivity (Wildman–Crippen MR) is 142 cm³/mol. The Kier molecular flexibility index (Phi) is 4.16. The zero-order valence-corrected chi connectivity index (χ0v) is 20.2. The van der Waals surface area contributed by atoms with Gasteiger partial charge in [0.15, 0.2) is 0 Å². The maximum absolute atomic E-state index is 6.49. The molecule has 1 saturated heterocycles. The molecule has 0 N–H and O–H groups in total. The highest BCUT2D eigenvalue weighted by molar-refractivity contribution is 6.66. The van der Waals surface area contributed by atoms with E-state index in [4.69, 9.17) is 18.1 Å². The highest BCUT2D eigenvalue weighted by Gasteiger charge is 2.52. The summed E-state index contributed by atoms with van der Waals surface area (Å²) in [4.78, 5) is 0. The summed E-state index contributed by atoms with van der Waals surface area (Å²) in [5.74, 6) is 0. The van der Waals surface area contributed by atoms with Crippen LogP contribution in [0.1, 0.15) is 27.7 Å². The van der Waals surface area contributed by atoms with Crippen molar-refractivity contribution in [3.63, 3.8) is 0 Å². The van der Waals surface area contributed by atoms with Gasteiger partial charge in [0.1, 0.15) is 22.3 Å². The SMILES string of the molecule is CC1(C)OB(c2ccc(-c3ccc4oc5ccccc5c4c3)c3oc4ccccc4c23)OC1(C)C. The molecular weight excluding hydrogens is 435 g/mol. The first kappa shape index (κ1) is 20.8. The molecule has 35 heavy (non-hydrogen) atoms. The second-order valence-corrected chi connectivity index (χ2v) is 10.4. The van der Waals surface area contributed by atoms with Gasteiger partial charge < -0.3 is 18.1 Å². The fourth-order valence-electron chi connectivity index (χ4n) is 5.14. The summed E-state index contributed by atoms with van der Waals surface area (Å²) in [5.41, 5.74) is 5.72. The van der Waals surface area contributed by atoms with Crippen molar-refractivity contribution in [1.82, 2.24) is 0 Å². The van der Waals surface area contributed by atoms with E-state index in [-0.39, 0.29) is 0 Å². The molecule has 5 heteroatoms. The normalized spacial score (nSPS) is 17.3. The lowest BCUT2D eigenvalue weighted by Gasteiger charge is -2.32. The van der Waals surface area contributed by atoms with Crippen LogP contribution in [0.2, 0.25) is 0 Å². The molecule has 172 valence electrons. The minimum atomic E-state index is -0.474. The van der Waals surface area contributed by atoms with Crippen molar-refractivity contribution in [3.05, 3.63) is 78.9 Å². The van der Waals surface area contributed by atoms with Crippen molar-refractivity contribution in [2.75, 3.05) is 0 Å². The number of hydrogen-bond acceptors (Lipinski definition) is 4. The molecule has 0 saturated carbocycles. The third-order valence-electron chi connectivity index (χ3n) is 7.75. The summed E-state index contributed by atoms with van der Waals surface area (Å²) >= 11 is 0. The Labute approximate surface area is 203 Å². The Balaban J connectivity index is 1.48. The zero-order valence-electron chi connectivity index (χ0n) is 20.2. The van der Waals surface area contributed by atoms with Crippen molar-refractivity contribution in [1.29, 1.82) is 0 Å². The molecule has 0 amide bonds. The molecule has 0 aliphatic carbocycles. The topological polar surface area (TPSA) is 44.7 Å². The molecule has 0 unspecified atom stereocenters. The third-order valence-corrected chi connectivity index (χ3v) is 7.75. The fourth-order valence-corrected chi connectivity index (χ4v) is 5.14. The van der Waals surface area contributed by atoms with E-state index in [0.29, 0.717) is 0 Å². The molecule has 1 fully saturated rings. The maximum Gasteiger partial charge on any atom is 0.495 e. The second kappa shape index (κ2) is 7.00. The van der Waals surface area contributed by atoms with E-state index >= 15 is 0 Å². The predicted octanol–water partition coefficient (Wildman–Crippen LogP) is 7.45. The molecule has 6 aromatic rings. The van der Waals surface area contributed by atoms with Crippen LogP contribution < -0.4 is 5.46 Å². The van der Waals surface area contributed by atoms with Gasteiger partial charge in [-0.05, 0) is 63.0 Å². The van der Waals surface area contributed by atoms with Gasteiger partial charge in [0.25, 0.3) is 0 Å². The van der Waals surface area contributed by atoms with Crippen LogP contribution in [0.15, 0.2) is 87.7 Å². The minimum absolute atomic E-state index is 0.421. The summed E-state index contributed by atoms with van der Waals surface area (Å²) in [6, 6.07) is 26.9. The van der Waals surface area contributed by atoms with E-state index in [9.17, 15) is 0 Å². The van der Waals surface area contributed by atoms with E-state index in [1.807, 2.05) is 42.5 Å². The van der Waals surface area contributed by atoms with Crippen LogP contribution in [0.3, 0.4) is 0 Å². The van der Waals surface area contributed by atoms with Gasteiger partial charge in [0.2, 0.25) is 0 Å². The Bertz CT molecular complexity index is 1760. The van der Waals surface area contributed by atoms with Crippen LogP contribution in [0.25, 0.3) is 55.0 Å². The Hall–Kier alpha value is -3.54. The Morgan fingerprint density at radius 1 is 0.600 bits per heavy atom. The third kappa shape index (κ3) is 2.95. The molecule has 1 aliphatic rings. The number of furan rings is 2. The van der Waals surface area contributed by atoms with E-state index in [2.05, 4.69) is 64.1 Å². The van der Waals surface area contributed by atoms with Gasteiger partial charge in [0, 0.05) is 27.1 Å². The lowest BCUT2D eigenvalue weighted by molar-refractivity contribution is 0.00578. The van der Waals surface area contributed by atoms with Gasteiger partial charge in [-0.2, -0.15) is 0 Å². The molecular formula is C30H25BO4. The summed E-state index contributed by atoms with van der Waals surface area (Å²) in [6.07, 6.45) is 0. The van der Waals surface area contributed by atoms with Gasteiger partial charge in [-0.1, -0.05) is 54.6 Å². The first-order valence-corrected chi connectivity index (χ1v) is 12.0. The molecule has 0 bridgehead atoms. The Morgan fingerprint density at radius 3 is 1.97 bits per heavy atom. The molecule has 4 aromatic carbocycles. The maximum atomic E-state index is 6.49. The number of para-hydroxylation sites is 2. The molecule has 0 radical (unpaired) electrons. The average Bonchev–Trinajstić information content (AvgIpc) is 3.47. The van der Waals surface area contributed by atoms with Gasteiger partial charge in [-0.3, -0.25) is 0 Å². The van der Waals surface area contributed by atoms with E-state index in [1.54, 1.807) is 0 Å². The average molecular weight is 460 g/mol. The molecule has 3 heterocycles. The first-order valence-electron chi connectivity index (χ1n) is 12.0. The minimum Gasteiger partial charge on any atom is -0.456 e. The molecule has 0 spiro atoms. The van der Waals surface area contributed by atoms with E-state index in [1.165, 1.54) is 0 Å². The Morgan fingerprint density at radius 2 is 1.23 bits per heavy atom. The van der Waals surface area contributed by atoms with Crippen molar-refractivity contribution < 1.29 is 18.1 Å². The lowest BCUT2D eigenvalue weighted by Crippen LogP contribution is -2.41. The van der Waals surface area contributed by atoms with Crippen LogP contribution in [-0.2, 0) is 9.31 Å². The molecule has 0 atom stereocenters.